The van der Waals surface area contributed by atoms with Crippen molar-refractivity contribution >= 4 is 33.5 Å². The third-order valence-corrected chi connectivity index (χ3v) is 3.96. The van der Waals surface area contributed by atoms with E-state index in [1.54, 1.807) is 16.4 Å². The van der Waals surface area contributed by atoms with Crippen LogP contribution < -0.4 is 0 Å². The average molecular weight is 325 g/mol. The Labute approximate surface area is 119 Å². The summed E-state index contributed by atoms with van der Waals surface area (Å²) in [5.74, 6) is 0.680. The second-order valence-corrected chi connectivity index (χ2v) is 5.90. The van der Waals surface area contributed by atoms with Crippen LogP contribution in [0.1, 0.15) is 5.69 Å². The van der Waals surface area contributed by atoms with Gasteiger partial charge in [-0.2, -0.15) is 5.10 Å². The molecular formula is C13H13BrN2OS. The molecule has 2 rings (SSSR count). The van der Waals surface area contributed by atoms with Crippen LogP contribution in [0.4, 0.5) is 0 Å². The van der Waals surface area contributed by atoms with E-state index in [1.807, 2.05) is 43.6 Å². The number of aromatic nitrogens is 2. The number of aryl methyl sites for hydroxylation is 1. The average Bonchev–Trinajstić information content (AvgIpc) is 2.74. The summed E-state index contributed by atoms with van der Waals surface area (Å²) in [6.07, 6.45) is 2.26. The van der Waals surface area contributed by atoms with Gasteiger partial charge in [-0.05, 0) is 30.3 Å². The predicted octanol–water partition coefficient (Wildman–Crippen LogP) is 3.09. The van der Waals surface area contributed by atoms with E-state index in [1.165, 1.54) is 0 Å². The van der Waals surface area contributed by atoms with E-state index in [-0.39, 0.29) is 5.78 Å². The molecule has 0 fully saturated rings. The molecule has 2 aromatic rings. The van der Waals surface area contributed by atoms with E-state index in [4.69, 9.17) is 0 Å². The Morgan fingerprint density at radius 2 is 2.06 bits per heavy atom. The largest absolute Gasteiger partial charge is 0.298 e. The molecule has 1 aromatic heterocycles. The summed E-state index contributed by atoms with van der Waals surface area (Å²) in [7, 11) is 1.85. The summed E-state index contributed by atoms with van der Waals surface area (Å²) >= 11 is 4.94. The number of hydrogen-bond donors (Lipinski definition) is 0. The van der Waals surface area contributed by atoms with E-state index in [0.29, 0.717) is 12.2 Å². The molecule has 18 heavy (non-hydrogen) atoms. The topological polar surface area (TPSA) is 34.9 Å². The second kappa shape index (κ2) is 6.20. The van der Waals surface area contributed by atoms with Crippen LogP contribution >= 0.6 is 27.7 Å². The van der Waals surface area contributed by atoms with Crippen molar-refractivity contribution in [3.63, 3.8) is 0 Å². The molecule has 0 aliphatic carbocycles. The van der Waals surface area contributed by atoms with Gasteiger partial charge < -0.3 is 0 Å². The predicted molar refractivity (Wildman–Crippen MR) is 76.8 cm³/mol. The molecule has 0 unspecified atom stereocenters. The minimum Gasteiger partial charge on any atom is -0.298 e. The lowest BCUT2D eigenvalue weighted by Gasteiger charge is -2.00. The lowest BCUT2D eigenvalue weighted by molar-refractivity contribution is -0.116. The first kappa shape index (κ1) is 13.4. The van der Waals surface area contributed by atoms with E-state index < -0.39 is 0 Å². The molecule has 0 radical (unpaired) electrons. The van der Waals surface area contributed by atoms with Gasteiger partial charge in [0.05, 0.1) is 17.9 Å². The van der Waals surface area contributed by atoms with Crippen molar-refractivity contribution < 1.29 is 4.79 Å². The van der Waals surface area contributed by atoms with Crippen LogP contribution in [-0.2, 0) is 18.3 Å². The Balaban J connectivity index is 1.83. The Morgan fingerprint density at radius 3 is 2.67 bits per heavy atom. The zero-order chi connectivity index (χ0) is 13.0. The van der Waals surface area contributed by atoms with Crippen LogP contribution in [0.25, 0.3) is 0 Å². The Hall–Kier alpha value is -1.07. The highest BCUT2D eigenvalue weighted by Crippen LogP contribution is 2.20. The Kier molecular flexibility index (Phi) is 4.60. The highest BCUT2D eigenvalue weighted by atomic mass is 79.9. The first-order chi connectivity index (χ1) is 8.63. The van der Waals surface area contributed by atoms with Gasteiger partial charge in [-0.25, -0.2) is 0 Å². The Bertz CT molecular complexity index is 536. The smallest absolute Gasteiger partial charge is 0.149 e. The standard InChI is InChI=1S/C13H13BrN2OS/c1-16-7-6-11(15-16)8-12(17)9-18-13-4-2-10(14)3-5-13/h2-7H,8-9H2,1H3. The van der Waals surface area contributed by atoms with Gasteiger partial charge in [0.15, 0.2) is 0 Å². The minimum atomic E-state index is 0.196. The first-order valence-corrected chi connectivity index (χ1v) is 7.30. The fourth-order valence-electron chi connectivity index (χ4n) is 1.51. The summed E-state index contributed by atoms with van der Waals surface area (Å²) in [4.78, 5) is 12.9. The third kappa shape index (κ3) is 3.99. The van der Waals surface area contributed by atoms with E-state index in [9.17, 15) is 4.79 Å². The zero-order valence-corrected chi connectivity index (χ0v) is 12.4. The molecule has 0 amide bonds. The van der Waals surface area contributed by atoms with Crippen LogP contribution in [0.2, 0.25) is 0 Å². The van der Waals surface area contributed by atoms with Gasteiger partial charge in [0, 0.05) is 22.6 Å². The molecule has 0 aliphatic heterocycles. The van der Waals surface area contributed by atoms with Crippen molar-refractivity contribution in [1.29, 1.82) is 0 Å². The molecular weight excluding hydrogens is 312 g/mol. The van der Waals surface area contributed by atoms with Gasteiger partial charge in [-0.1, -0.05) is 15.9 Å². The fourth-order valence-corrected chi connectivity index (χ4v) is 2.53. The van der Waals surface area contributed by atoms with Crippen LogP contribution in [-0.4, -0.2) is 21.3 Å². The Morgan fingerprint density at radius 1 is 1.33 bits per heavy atom. The lowest BCUT2D eigenvalue weighted by Crippen LogP contribution is -2.06. The number of ketones is 1. The lowest BCUT2D eigenvalue weighted by atomic mass is 10.2. The van der Waals surface area contributed by atoms with Gasteiger partial charge in [0.1, 0.15) is 5.78 Å². The van der Waals surface area contributed by atoms with E-state index in [0.717, 1.165) is 15.1 Å². The molecule has 5 heteroatoms. The number of rotatable bonds is 5. The monoisotopic (exact) mass is 324 g/mol. The molecule has 94 valence electrons. The number of carbonyl (C=O) groups excluding carboxylic acids is 1. The van der Waals surface area contributed by atoms with Crippen LogP contribution in [0.5, 0.6) is 0 Å². The molecule has 0 atom stereocenters. The molecule has 0 saturated heterocycles. The summed E-state index contributed by atoms with van der Waals surface area (Å²) in [6.45, 7) is 0. The normalized spacial score (nSPS) is 10.6. The SMILES string of the molecule is Cn1ccc(CC(=O)CSc2ccc(Br)cc2)n1. The summed E-state index contributed by atoms with van der Waals surface area (Å²) in [5.41, 5.74) is 0.832. The number of benzene rings is 1. The first-order valence-electron chi connectivity index (χ1n) is 5.52. The maximum atomic E-state index is 11.8. The van der Waals surface area contributed by atoms with Gasteiger partial charge in [0.2, 0.25) is 0 Å². The molecule has 1 heterocycles. The van der Waals surface area contributed by atoms with Gasteiger partial charge >= 0.3 is 0 Å². The summed E-state index contributed by atoms with van der Waals surface area (Å²) in [5, 5.41) is 4.20. The molecule has 0 N–H and O–H groups in total. The zero-order valence-electron chi connectivity index (χ0n) is 9.97. The van der Waals surface area contributed by atoms with Crippen molar-refractivity contribution in [1.82, 2.24) is 9.78 Å². The highest BCUT2D eigenvalue weighted by Gasteiger charge is 2.07. The van der Waals surface area contributed by atoms with Crippen LogP contribution in [0.15, 0.2) is 45.9 Å². The number of halogens is 1. The van der Waals surface area contributed by atoms with Crippen molar-refractivity contribution in [3.05, 3.63) is 46.7 Å². The maximum absolute atomic E-state index is 11.8. The molecule has 0 spiro atoms. The molecule has 0 bridgehead atoms. The number of Topliss-reactive ketones (excluding diaryl/α,β-unsaturated/α-hetero) is 1. The number of hydrogen-bond acceptors (Lipinski definition) is 3. The number of carbonyl (C=O) groups is 1. The van der Waals surface area contributed by atoms with E-state index >= 15 is 0 Å². The van der Waals surface area contributed by atoms with Crippen molar-refractivity contribution in [2.24, 2.45) is 7.05 Å². The maximum Gasteiger partial charge on any atom is 0.149 e. The van der Waals surface area contributed by atoms with Crippen LogP contribution in [0, 0.1) is 0 Å². The van der Waals surface area contributed by atoms with Gasteiger partial charge in [-0.15, -0.1) is 11.8 Å². The van der Waals surface area contributed by atoms with Crippen molar-refractivity contribution in [2.45, 2.75) is 11.3 Å². The van der Waals surface area contributed by atoms with Crippen molar-refractivity contribution in [2.75, 3.05) is 5.75 Å². The molecule has 1 aromatic carbocycles. The number of nitrogens with zero attached hydrogens (tertiary/aromatic N) is 2. The highest BCUT2D eigenvalue weighted by molar-refractivity contribution is 9.10. The van der Waals surface area contributed by atoms with Gasteiger partial charge in [-0.3, -0.25) is 9.48 Å². The van der Waals surface area contributed by atoms with Crippen molar-refractivity contribution in [3.8, 4) is 0 Å². The van der Waals surface area contributed by atoms with E-state index in [2.05, 4.69) is 21.0 Å². The van der Waals surface area contributed by atoms with Crippen LogP contribution in [0.3, 0.4) is 0 Å². The number of thioether (sulfide) groups is 1. The summed E-state index contributed by atoms with van der Waals surface area (Å²) < 4.78 is 2.76. The second-order valence-electron chi connectivity index (χ2n) is 3.94. The summed E-state index contributed by atoms with van der Waals surface area (Å²) in [6, 6.07) is 9.84. The van der Waals surface area contributed by atoms with Gasteiger partial charge in [0.25, 0.3) is 0 Å². The molecule has 0 saturated carbocycles. The molecule has 3 nitrogen and oxygen atoms in total. The quantitative estimate of drug-likeness (QED) is 0.793. The fraction of sp³-hybridized carbons (Fsp3) is 0.231. The third-order valence-electron chi connectivity index (χ3n) is 2.36. The minimum absolute atomic E-state index is 0.196. The molecule has 0 aliphatic rings.